The molecule has 0 spiro atoms. The number of ether oxygens (including phenoxy) is 2. The SMILES string of the molecule is CCCCCCCCCCCCCCOC(=O)C(C)N(C)C(=O)C(C)N(C)C(=O)OCC(C)C. The standard InChI is InChI=1S/C27H52N2O5/c1-8-9-10-11-12-13-14-15-16-17-18-19-20-33-26(31)24(5)28(6)25(30)23(4)29(7)27(32)34-21-22(2)3/h22-24H,8-21H2,1-7H3. The van der Waals surface area contributed by atoms with Crippen molar-refractivity contribution in [1.82, 2.24) is 9.80 Å². The molecule has 0 aromatic heterocycles. The lowest BCUT2D eigenvalue weighted by Crippen LogP contribution is -2.51. The van der Waals surface area contributed by atoms with E-state index < -0.39 is 24.1 Å². The highest BCUT2D eigenvalue weighted by molar-refractivity contribution is 5.89. The number of unbranched alkanes of at least 4 members (excludes halogenated alkanes) is 11. The maximum absolute atomic E-state index is 12.7. The monoisotopic (exact) mass is 484 g/mol. The van der Waals surface area contributed by atoms with Gasteiger partial charge in [0.05, 0.1) is 13.2 Å². The number of carbonyl (C=O) groups excluding carboxylic acids is 3. The maximum atomic E-state index is 12.7. The highest BCUT2D eigenvalue weighted by Crippen LogP contribution is 2.12. The first-order chi connectivity index (χ1) is 16.1. The first-order valence-corrected chi connectivity index (χ1v) is 13.5. The molecule has 7 heteroatoms. The number of rotatable bonds is 19. The molecule has 0 N–H and O–H groups in total. The Balaban J connectivity index is 4.03. The van der Waals surface area contributed by atoms with Gasteiger partial charge in [-0.1, -0.05) is 91.4 Å². The summed E-state index contributed by atoms with van der Waals surface area (Å²) in [6.07, 6.45) is 14.5. The molecule has 0 heterocycles. The number of esters is 1. The molecule has 0 saturated carbocycles. The summed E-state index contributed by atoms with van der Waals surface area (Å²) >= 11 is 0. The number of hydrogen-bond acceptors (Lipinski definition) is 5. The van der Waals surface area contributed by atoms with E-state index in [-0.39, 0.29) is 11.8 Å². The van der Waals surface area contributed by atoms with Crippen molar-refractivity contribution in [3.8, 4) is 0 Å². The van der Waals surface area contributed by atoms with Crippen molar-refractivity contribution >= 4 is 18.0 Å². The van der Waals surface area contributed by atoms with Crippen LogP contribution < -0.4 is 0 Å². The van der Waals surface area contributed by atoms with E-state index in [1.165, 1.54) is 74.6 Å². The van der Waals surface area contributed by atoms with E-state index in [1.807, 2.05) is 13.8 Å². The van der Waals surface area contributed by atoms with Gasteiger partial charge >= 0.3 is 12.1 Å². The maximum Gasteiger partial charge on any atom is 0.410 e. The van der Waals surface area contributed by atoms with Crippen molar-refractivity contribution in [1.29, 1.82) is 0 Å². The zero-order valence-corrected chi connectivity index (χ0v) is 23.1. The molecule has 200 valence electrons. The van der Waals surface area contributed by atoms with Gasteiger partial charge in [-0.05, 0) is 26.2 Å². The lowest BCUT2D eigenvalue weighted by atomic mass is 10.1. The number of carbonyl (C=O) groups is 3. The first-order valence-electron chi connectivity index (χ1n) is 13.5. The third-order valence-electron chi connectivity index (χ3n) is 6.28. The second kappa shape index (κ2) is 19.5. The lowest BCUT2D eigenvalue weighted by molar-refractivity contribution is -0.154. The molecule has 0 bridgehead atoms. The van der Waals surface area contributed by atoms with Gasteiger partial charge in [-0.2, -0.15) is 0 Å². The molecule has 0 aliphatic carbocycles. The van der Waals surface area contributed by atoms with Gasteiger partial charge in [0.25, 0.3) is 0 Å². The van der Waals surface area contributed by atoms with Crippen LogP contribution in [0.15, 0.2) is 0 Å². The second-order valence-corrected chi connectivity index (χ2v) is 9.94. The molecule has 2 unspecified atom stereocenters. The van der Waals surface area contributed by atoms with E-state index in [0.717, 1.165) is 19.3 Å². The Labute approximate surface area is 208 Å². The summed E-state index contributed by atoms with van der Waals surface area (Å²) in [6.45, 7) is 10.1. The molecule has 34 heavy (non-hydrogen) atoms. The Morgan fingerprint density at radius 2 is 1.12 bits per heavy atom. The van der Waals surface area contributed by atoms with Crippen LogP contribution in [0.2, 0.25) is 0 Å². The van der Waals surface area contributed by atoms with Crippen molar-refractivity contribution in [3.63, 3.8) is 0 Å². The van der Waals surface area contributed by atoms with Crippen LogP contribution in [-0.4, -0.2) is 67.2 Å². The fraction of sp³-hybridized carbons (Fsp3) is 0.889. The highest BCUT2D eigenvalue weighted by Gasteiger charge is 2.31. The van der Waals surface area contributed by atoms with E-state index in [9.17, 15) is 14.4 Å². The van der Waals surface area contributed by atoms with Crippen LogP contribution in [0.5, 0.6) is 0 Å². The molecule has 7 nitrogen and oxygen atoms in total. The molecule has 0 aromatic carbocycles. The Bertz CT molecular complexity index is 567. The largest absolute Gasteiger partial charge is 0.464 e. The van der Waals surface area contributed by atoms with Crippen molar-refractivity contribution in [2.24, 2.45) is 5.92 Å². The molecular weight excluding hydrogens is 432 g/mol. The minimum absolute atomic E-state index is 0.214. The summed E-state index contributed by atoms with van der Waals surface area (Å²) in [7, 11) is 3.08. The average molecular weight is 485 g/mol. The lowest BCUT2D eigenvalue weighted by Gasteiger charge is -2.30. The zero-order chi connectivity index (χ0) is 25.9. The van der Waals surface area contributed by atoms with E-state index in [0.29, 0.717) is 13.2 Å². The van der Waals surface area contributed by atoms with Gasteiger partial charge in [-0.3, -0.25) is 9.69 Å². The van der Waals surface area contributed by atoms with Crippen LogP contribution in [-0.2, 0) is 19.1 Å². The van der Waals surface area contributed by atoms with Crippen LogP contribution in [0, 0.1) is 5.92 Å². The molecule has 0 aromatic rings. The summed E-state index contributed by atoms with van der Waals surface area (Å²) in [5, 5.41) is 0. The number of amides is 2. The van der Waals surface area contributed by atoms with Crippen LogP contribution in [0.3, 0.4) is 0 Å². The normalized spacial score (nSPS) is 12.8. The Morgan fingerprint density at radius 3 is 1.59 bits per heavy atom. The number of hydrogen-bond donors (Lipinski definition) is 0. The second-order valence-electron chi connectivity index (χ2n) is 9.94. The van der Waals surface area contributed by atoms with Gasteiger partial charge in [0, 0.05) is 14.1 Å². The smallest absolute Gasteiger partial charge is 0.410 e. The van der Waals surface area contributed by atoms with Crippen molar-refractivity contribution in [2.75, 3.05) is 27.3 Å². The molecule has 2 atom stereocenters. The van der Waals surface area contributed by atoms with E-state index in [4.69, 9.17) is 9.47 Å². The van der Waals surface area contributed by atoms with E-state index in [2.05, 4.69) is 6.92 Å². The quantitative estimate of drug-likeness (QED) is 0.161. The minimum atomic E-state index is -0.740. The minimum Gasteiger partial charge on any atom is -0.464 e. The van der Waals surface area contributed by atoms with Gasteiger partial charge in [0.1, 0.15) is 12.1 Å². The molecular formula is C27H52N2O5. The van der Waals surface area contributed by atoms with Gasteiger partial charge in [-0.25, -0.2) is 9.59 Å². The van der Waals surface area contributed by atoms with Crippen LogP contribution >= 0.6 is 0 Å². The van der Waals surface area contributed by atoms with E-state index >= 15 is 0 Å². The van der Waals surface area contributed by atoms with Gasteiger partial charge in [0.15, 0.2) is 0 Å². The zero-order valence-electron chi connectivity index (χ0n) is 23.1. The fourth-order valence-electron chi connectivity index (χ4n) is 3.54. The number of likely N-dealkylation sites (N-methyl/N-ethyl adjacent to an activating group) is 2. The van der Waals surface area contributed by atoms with Crippen molar-refractivity contribution in [2.45, 2.75) is 124 Å². The summed E-state index contributed by atoms with van der Waals surface area (Å²) in [6, 6.07) is -1.45. The molecule has 0 aliphatic heterocycles. The molecule has 2 amide bonds. The topological polar surface area (TPSA) is 76.2 Å². The van der Waals surface area contributed by atoms with Gasteiger partial charge in [-0.15, -0.1) is 0 Å². The molecule has 0 rings (SSSR count). The predicted octanol–water partition coefficient (Wildman–Crippen LogP) is 6.19. The Hall–Kier alpha value is -1.79. The third kappa shape index (κ3) is 14.5. The summed E-state index contributed by atoms with van der Waals surface area (Å²) in [5.41, 5.74) is 0. The predicted molar refractivity (Wildman–Crippen MR) is 138 cm³/mol. The highest BCUT2D eigenvalue weighted by atomic mass is 16.6. The fourth-order valence-corrected chi connectivity index (χ4v) is 3.54. The number of nitrogens with zero attached hydrogens (tertiary/aromatic N) is 2. The summed E-state index contributed by atoms with van der Waals surface area (Å²) in [4.78, 5) is 39.8. The molecule has 0 fully saturated rings. The van der Waals surface area contributed by atoms with Gasteiger partial charge in [0.2, 0.25) is 5.91 Å². The van der Waals surface area contributed by atoms with Crippen LogP contribution in [0.4, 0.5) is 4.79 Å². The van der Waals surface area contributed by atoms with Crippen LogP contribution in [0.25, 0.3) is 0 Å². The van der Waals surface area contributed by atoms with Gasteiger partial charge < -0.3 is 14.4 Å². The Kier molecular flexibility index (Phi) is 18.5. The molecule has 0 saturated heterocycles. The summed E-state index contributed by atoms with van der Waals surface area (Å²) in [5.74, 6) is -0.541. The molecule has 0 aliphatic rings. The van der Waals surface area contributed by atoms with Crippen LogP contribution in [0.1, 0.15) is 112 Å². The van der Waals surface area contributed by atoms with Crippen molar-refractivity contribution < 1.29 is 23.9 Å². The third-order valence-corrected chi connectivity index (χ3v) is 6.28. The molecule has 0 radical (unpaired) electrons. The summed E-state index contributed by atoms with van der Waals surface area (Å²) < 4.78 is 10.6. The first kappa shape index (κ1) is 32.2. The average Bonchev–Trinajstić information content (AvgIpc) is 2.82. The Morgan fingerprint density at radius 1 is 0.647 bits per heavy atom. The van der Waals surface area contributed by atoms with E-state index in [1.54, 1.807) is 20.9 Å². The van der Waals surface area contributed by atoms with Crippen molar-refractivity contribution in [3.05, 3.63) is 0 Å².